The lowest BCUT2D eigenvalue weighted by Gasteiger charge is -2.14. The number of benzene rings is 1. The molecule has 0 saturated carbocycles. The fourth-order valence-electron chi connectivity index (χ4n) is 1.40. The largest absolute Gasteiger partial charge is 0.492 e. The van der Waals surface area contributed by atoms with E-state index in [-0.39, 0.29) is 6.04 Å². The number of nitrogens with two attached hydrogens (primary N) is 1. The molecule has 0 aliphatic heterocycles. The van der Waals surface area contributed by atoms with Crippen LogP contribution in [0.5, 0.6) is 5.75 Å². The maximum absolute atomic E-state index is 5.77. The van der Waals surface area contributed by atoms with Crippen molar-refractivity contribution >= 4 is 0 Å². The molecule has 1 atom stereocenters. The third kappa shape index (κ3) is 3.90. The van der Waals surface area contributed by atoms with Gasteiger partial charge in [0.25, 0.3) is 0 Å². The van der Waals surface area contributed by atoms with E-state index in [1.165, 1.54) is 5.56 Å². The Kier molecular flexibility index (Phi) is 5.15. The molecule has 0 amide bonds. The van der Waals surface area contributed by atoms with Gasteiger partial charge in [0.2, 0.25) is 0 Å². The van der Waals surface area contributed by atoms with Crippen LogP contribution in [-0.2, 0) is 11.2 Å². The SMILES string of the molecule is CCc1ccccc1OCC(N)COC. The van der Waals surface area contributed by atoms with Crippen LogP contribution < -0.4 is 10.5 Å². The van der Waals surface area contributed by atoms with E-state index in [0.717, 1.165) is 12.2 Å². The van der Waals surface area contributed by atoms with Crippen molar-refractivity contribution in [2.75, 3.05) is 20.3 Å². The van der Waals surface area contributed by atoms with Crippen molar-refractivity contribution in [3.8, 4) is 5.75 Å². The van der Waals surface area contributed by atoms with Crippen LogP contribution >= 0.6 is 0 Å². The first kappa shape index (κ1) is 12.0. The predicted octanol–water partition coefficient (Wildman–Crippen LogP) is 1.60. The van der Waals surface area contributed by atoms with Gasteiger partial charge in [-0.1, -0.05) is 25.1 Å². The Morgan fingerprint density at radius 1 is 1.27 bits per heavy atom. The van der Waals surface area contributed by atoms with E-state index >= 15 is 0 Å². The molecular weight excluding hydrogens is 190 g/mol. The molecule has 1 aromatic rings. The fourth-order valence-corrected chi connectivity index (χ4v) is 1.40. The molecule has 0 bridgehead atoms. The van der Waals surface area contributed by atoms with Crippen molar-refractivity contribution in [3.05, 3.63) is 29.8 Å². The molecule has 1 unspecified atom stereocenters. The van der Waals surface area contributed by atoms with Gasteiger partial charge in [-0.15, -0.1) is 0 Å². The second-order valence-corrected chi connectivity index (χ2v) is 3.49. The molecule has 0 aromatic heterocycles. The lowest BCUT2D eigenvalue weighted by Crippen LogP contribution is -2.32. The zero-order chi connectivity index (χ0) is 11.1. The molecular formula is C12H19NO2. The van der Waals surface area contributed by atoms with E-state index in [1.54, 1.807) is 7.11 Å². The van der Waals surface area contributed by atoms with E-state index in [0.29, 0.717) is 13.2 Å². The highest BCUT2D eigenvalue weighted by molar-refractivity contribution is 5.33. The highest BCUT2D eigenvalue weighted by Gasteiger charge is 2.05. The first-order valence-corrected chi connectivity index (χ1v) is 5.23. The summed E-state index contributed by atoms with van der Waals surface area (Å²) in [7, 11) is 1.64. The topological polar surface area (TPSA) is 44.5 Å². The number of hydrogen-bond acceptors (Lipinski definition) is 3. The molecule has 15 heavy (non-hydrogen) atoms. The summed E-state index contributed by atoms with van der Waals surface area (Å²) in [5, 5.41) is 0. The van der Waals surface area contributed by atoms with Crippen molar-refractivity contribution in [1.82, 2.24) is 0 Å². The zero-order valence-corrected chi connectivity index (χ0v) is 9.40. The number of hydrogen-bond donors (Lipinski definition) is 1. The Labute approximate surface area is 91.2 Å². The molecule has 0 saturated heterocycles. The Morgan fingerprint density at radius 2 is 2.00 bits per heavy atom. The molecule has 2 N–H and O–H groups in total. The minimum atomic E-state index is -0.0695. The number of methoxy groups -OCH3 is 1. The van der Waals surface area contributed by atoms with E-state index < -0.39 is 0 Å². The number of rotatable bonds is 6. The fraction of sp³-hybridized carbons (Fsp3) is 0.500. The second kappa shape index (κ2) is 6.43. The summed E-state index contributed by atoms with van der Waals surface area (Å²) < 4.78 is 10.6. The molecule has 1 rings (SSSR count). The van der Waals surface area contributed by atoms with Gasteiger partial charge in [-0.25, -0.2) is 0 Å². The van der Waals surface area contributed by atoms with Crippen LogP contribution in [0, 0.1) is 0 Å². The highest BCUT2D eigenvalue weighted by atomic mass is 16.5. The third-order valence-corrected chi connectivity index (χ3v) is 2.19. The van der Waals surface area contributed by atoms with Crippen molar-refractivity contribution in [3.63, 3.8) is 0 Å². The summed E-state index contributed by atoms with van der Waals surface area (Å²) >= 11 is 0. The molecule has 0 fully saturated rings. The maximum atomic E-state index is 5.77. The van der Waals surface area contributed by atoms with Crippen molar-refractivity contribution in [2.45, 2.75) is 19.4 Å². The highest BCUT2D eigenvalue weighted by Crippen LogP contribution is 2.18. The standard InChI is InChI=1S/C12H19NO2/c1-3-10-6-4-5-7-12(10)15-9-11(13)8-14-2/h4-7,11H,3,8-9,13H2,1-2H3. The van der Waals surface area contributed by atoms with Crippen LogP contribution in [0.1, 0.15) is 12.5 Å². The number of ether oxygens (including phenoxy) is 2. The first-order chi connectivity index (χ1) is 7.27. The average molecular weight is 209 g/mol. The predicted molar refractivity (Wildman–Crippen MR) is 61.2 cm³/mol. The van der Waals surface area contributed by atoms with Gasteiger partial charge < -0.3 is 15.2 Å². The van der Waals surface area contributed by atoms with E-state index in [9.17, 15) is 0 Å². The summed E-state index contributed by atoms with van der Waals surface area (Å²) in [4.78, 5) is 0. The monoisotopic (exact) mass is 209 g/mol. The van der Waals surface area contributed by atoms with Crippen LogP contribution in [0.2, 0.25) is 0 Å². The molecule has 3 heteroatoms. The van der Waals surface area contributed by atoms with Crippen molar-refractivity contribution in [1.29, 1.82) is 0 Å². The summed E-state index contributed by atoms with van der Waals surface area (Å²) in [5.41, 5.74) is 6.98. The smallest absolute Gasteiger partial charge is 0.122 e. The molecule has 0 heterocycles. The van der Waals surface area contributed by atoms with E-state index in [2.05, 4.69) is 13.0 Å². The van der Waals surface area contributed by atoms with Crippen LogP contribution in [0.3, 0.4) is 0 Å². The average Bonchev–Trinajstić information content (AvgIpc) is 2.27. The lowest BCUT2D eigenvalue weighted by molar-refractivity contribution is 0.152. The van der Waals surface area contributed by atoms with Crippen molar-refractivity contribution in [2.24, 2.45) is 5.73 Å². The van der Waals surface area contributed by atoms with E-state index in [1.807, 2.05) is 18.2 Å². The third-order valence-electron chi connectivity index (χ3n) is 2.19. The summed E-state index contributed by atoms with van der Waals surface area (Å²) in [6.07, 6.45) is 0.968. The molecule has 1 aromatic carbocycles. The second-order valence-electron chi connectivity index (χ2n) is 3.49. The molecule has 0 aliphatic rings. The lowest BCUT2D eigenvalue weighted by atomic mass is 10.1. The summed E-state index contributed by atoms with van der Waals surface area (Å²) in [6, 6.07) is 7.95. The van der Waals surface area contributed by atoms with E-state index in [4.69, 9.17) is 15.2 Å². The Hall–Kier alpha value is -1.06. The van der Waals surface area contributed by atoms with Crippen LogP contribution in [0.15, 0.2) is 24.3 Å². The molecule has 0 aliphatic carbocycles. The minimum Gasteiger partial charge on any atom is -0.492 e. The summed E-state index contributed by atoms with van der Waals surface area (Å²) in [6.45, 7) is 3.12. The Bertz CT molecular complexity index is 289. The first-order valence-electron chi connectivity index (χ1n) is 5.23. The number of para-hydroxylation sites is 1. The van der Waals surface area contributed by atoms with Gasteiger partial charge in [-0.05, 0) is 18.1 Å². The van der Waals surface area contributed by atoms with Crippen LogP contribution in [0.4, 0.5) is 0 Å². The Balaban J connectivity index is 2.49. The number of aryl methyl sites for hydroxylation is 1. The molecule has 0 spiro atoms. The zero-order valence-electron chi connectivity index (χ0n) is 9.40. The quantitative estimate of drug-likeness (QED) is 0.774. The van der Waals surface area contributed by atoms with Gasteiger partial charge in [0, 0.05) is 7.11 Å². The van der Waals surface area contributed by atoms with Crippen molar-refractivity contribution < 1.29 is 9.47 Å². The van der Waals surface area contributed by atoms with Gasteiger partial charge >= 0.3 is 0 Å². The van der Waals surface area contributed by atoms with Gasteiger partial charge in [0.05, 0.1) is 12.6 Å². The maximum Gasteiger partial charge on any atom is 0.122 e. The molecule has 84 valence electrons. The normalized spacial score (nSPS) is 12.5. The molecule has 0 radical (unpaired) electrons. The van der Waals surface area contributed by atoms with Crippen LogP contribution in [-0.4, -0.2) is 26.4 Å². The van der Waals surface area contributed by atoms with Gasteiger partial charge in [0.15, 0.2) is 0 Å². The van der Waals surface area contributed by atoms with Gasteiger partial charge in [-0.2, -0.15) is 0 Å². The van der Waals surface area contributed by atoms with Gasteiger partial charge in [-0.3, -0.25) is 0 Å². The summed E-state index contributed by atoms with van der Waals surface area (Å²) in [5.74, 6) is 0.923. The molecule has 3 nitrogen and oxygen atoms in total. The minimum absolute atomic E-state index is 0.0695. The Morgan fingerprint density at radius 3 is 2.67 bits per heavy atom. The van der Waals surface area contributed by atoms with Crippen LogP contribution in [0.25, 0.3) is 0 Å². The van der Waals surface area contributed by atoms with Gasteiger partial charge in [0.1, 0.15) is 12.4 Å².